The van der Waals surface area contributed by atoms with E-state index in [1.807, 2.05) is 12.1 Å². The maximum Gasteiger partial charge on any atom is 0.0409 e. The number of hydrogen-bond acceptors (Lipinski definition) is 1. The Bertz CT molecular complexity index is 620. The van der Waals surface area contributed by atoms with Crippen molar-refractivity contribution in [2.45, 2.75) is 5.92 Å². The summed E-state index contributed by atoms with van der Waals surface area (Å²) in [6.07, 6.45) is 4.29. The summed E-state index contributed by atoms with van der Waals surface area (Å²) in [7, 11) is 0. The largest absolute Gasteiger partial charge is 0.330 e. The molecule has 2 aromatic rings. The maximum atomic E-state index is 6.11. The molecule has 1 aliphatic carbocycles. The lowest BCUT2D eigenvalue weighted by molar-refractivity contribution is 0.817. The third kappa shape index (κ3) is 2.55. The van der Waals surface area contributed by atoms with Crippen molar-refractivity contribution >= 4 is 36.2 Å². The van der Waals surface area contributed by atoms with Crippen LogP contribution in [-0.2, 0) is 0 Å². The van der Waals surface area contributed by atoms with Crippen LogP contribution in [0.25, 0.3) is 12.2 Å². The zero-order valence-electron chi connectivity index (χ0n) is 10.3. The van der Waals surface area contributed by atoms with Gasteiger partial charge in [-0.2, -0.15) is 0 Å². The molecule has 2 aromatic carbocycles. The molecule has 2 N–H and O–H groups in total. The molecule has 0 fully saturated rings. The van der Waals surface area contributed by atoms with Gasteiger partial charge in [-0.25, -0.2) is 0 Å². The first-order chi connectivity index (χ1) is 8.79. The monoisotopic (exact) mass is 291 g/mol. The van der Waals surface area contributed by atoms with E-state index in [-0.39, 0.29) is 18.3 Å². The van der Waals surface area contributed by atoms with Crippen molar-refractivity contribution in [3.8, 4) is 0 Å². The molecule has 19 heavy (non-hydrogen) atoms. The second kappa shape index (κ2) is 5.79. The van der Waals surface area contributed by atoms with Gasteiger partial charge in [0.25, 0.3) is 0 Å². The molecular formula is C16H15Cl2N. The quantitative estimate of drug-likeness (QED) is 0.831. The molecule has 3 heteroatoms. The Morgan fingerprint density at radius 1 is 0.947 bits per heavy atom. The van der Waals surface area contributed by atoms with Crippen LogP contribution in [0.5, 0.6) is 0 Å². The first-order valence-electron chi connectivity index (χ1n) is 6.06. The Balaban J connectivity index is 0.00000133. The van der Waals surface area contributed by atoms with Crippen LogP contribution in [0.15, 0.2) is 42.5 Å². The lowest BCUT2D eigenvalue weighted by atomic mass is 9.88. The van der Waals surface area contributed by atoms with Crippen molar-refractivity contribution in [2.75, 3.05) is 6.54 Å². The Kier molecular flexibility index (Phi) is 4.31. The molecule has 0 saturated carbocycles. The number of halogens is 2. The molecule has 0 radical (unpaired) electrons. The molecule has 0 aromatic heterocycles. The highest BCUT2D eigenvalue weighted by Gasteiger charge is 2.19. The first kappa shape index (κ1) is 14.1. The van der Waals surface area contributed by atoms with Crippen molar-refractivity contribution in [2.24, 2.45) is 5.73 Å². The first-order valence-corrected chi connectivity index (χ1v) is 6.44. The summed E-state index contributed by atoms with van der Waals surface area (Å²) < 4.78 is 0. The van der Waals surface area contributed by atoms with E-state index in [4.69, 9.17) is 17.3 Å². The van der Waals surface area contributed by atoms with E-state index in [1.54, 1.807) is 0 Å². The summed E-state index contributed by atoms with van der Waals surface area (Å²) in [6.45, 7) is 0.589. The molecule has 98 valence electrons. The van der Waals surface area contributed by atoms with Gasteiger partial charge in [-0.1, -0.05) is 54.1 Å². The highest BCUT2D eigenvalue weighted by atomic mass is 35.5. The van der Waals surface area contributed by atoms with Gasteiger partial charge in [0.1, 0.15) is 0 Å². The molecule has 3 rings (SSSR count). The van der Waals surface area contributed by atoms with Crippen LogP contribution in [-0.4, -0.2) is 6.54 Å². The summed E-state index contributed by atoms with van der Waals surface area (Å²) in [6, 6.07) is 14.4. The normalized spacial score (nSPS) is 16.0. The summed E-state index contributed by atoms with van der Waals surface area (Å²) >= 11 is 6.11. The second-order valence-corrected chi connectivity index (χ2v) is 4.96. The highest BCUT2D eigenvalue weighted by Crippen LogP contribution is 2.35. The predicted octanol–water partition coefficient (Wildman–Crippen LogP) is 4.34. The van der Waals surface area contributed by atoms with E-state index in [0.29, 0.717) is 6.54 Å². The predicted molar refractivity (Wildman–Crippen MR) is 85.0 cm³/mol. The topological polar surface area (TPSA) is 26.0 Å². The minimum atomic E-state index is 0. The smallest absolute Gasteiger partial charge is 0.0409 e. The molecule has 0 bridgehead atoms. The molecule has 0 aliphatic heterocycles. The van der Waals surface area contributed by atoms with Gasteiger partial charge < -0.3 is 5.73 Å². The second-order valence-electron chi connectivity index (χ2n) is 4.52. The fraction of sp³-hybridized carbons (Fsp3) is 0.125. The minimum absolute atomic E-state index is 0. The molecule has 1 aliphatic rings. The fourth-order valence-electron chi connectivity index (χ4n) is 2.58. The third-order valence-corrected chi connectivity index (χ3v) is 3.71. The van der Waals surface area contributed by atoms with E-state index in [9.17, 15) is 0 Å². The van der Waals surface area contributed by atoms with Crippen LogP contribution in [0.3, 0.4) is 0 Å². The van der Waals surface area contributed by atoms with Crippen LogP contribution in [0.1, 0.15) is 28.2 Å². The standard InChI is InChI=1S/C16H14ClN.ClH/c17-13-8-7-12-6-5-11-3-1-2-4-14(11)16(10-18)15(12)9-13;/h1-9,16H,10,18H2;1H. The van der Waals surface area contributed by atoms with Gasteiger partial charge in [-0.15, -0.1) is 12.4 Å². The van der Waals surface area contributed by atoms with Gasteiger partial charge in [-0.05, 0) is 34.4 Å². The average Bonchev–Trinajstić information content (AvgIpc) is 2.54. The summed E-state index contributed by atoms with van der Waals surface area (Å²) in [5.74, 6) is 0.213. The number of rotatable bonds is 1. The van der Waals surface area contributed by atoms with Gasteiger partial charge in [0.05, 0.1) is 0 Å². The van der Waals surface area contributed by atoms with Crippen molar-refractivity contribution < 1.29 is 0 Å². The molecule has 1 atom stereocenters. The zero-order chi connectivity index (χ0) is 12.5. The average molecular weight is 292 g/mol. The maximum absolute atomic E-state index is 6.11. The summed E-state index contributed by atoms with van der Waals surface area (Å²) in [5, 5.41) is 0.764. The molecule has 0 saturated heterocycles. The van der Waals surface area contributed by atoms with Crippen LogP contribution >= 0.6 is 24.0 Å². The molecule has 1 nitrogen and oxygen atoms in total. The third-order valence-electron chi connectivity index (χ3n) is 3.47. The zero-order valence-corrected chi connectivity index (χ0v) is 11.9. The van der Waals surface area contributed by atoms with E-state index < -0.39 is 0 Å². The Hall–Kier alpha value is -1.28. The minimum Gasteiger partial charge on any atom is -0.330 e. The van der Waals surface area contributed by atoms with E-state index in [1.165, 1.54) is 22.3 Å². The molecule has 0 heterocycles. The number of benzene rings is 2. The van der Waals surface area contributed by atoms with Crippen LogP contribution in [0.2, 0.25) is 5.02 Å². The lowest BCUT2D eigenvalue weighted by Crippen LogP contribution is -2.15. The van der Waals surface area contributed by atoms with Crippen molar-refractivity contribution in [1.82, 2.24) is 0 Å². The van der Waals surface area contributed by atoms with Crippen LogP contribution in [0, 0.1) is 0 Å². The summed E-state index contributed by atoms with van der Waals surface area (Å²) in [4.78, 5) is 0. The van der Waals surface area contributed by atoms with Crippen molar-refractivity contribution in [3.63, 3.8) is 0 Å². The van der Waals surface area contributed by atoms with Crippen LogP contribution < -0.4 is 5.73 Å². The molecule has 0 spiro atoms. The van der Waals surface area contributed by atoms with Gasteiger partial charge in [0, 0.05) is 17.5 Å². The van der Waals surface area contributed by atoms with Crippen molar-refractivity contribution in [1.29, 1.82) is 0 Å². The number of hydrogen-bond donors (Lipinski definition) is 1. The SMILES string of the molecule is Cl.NCC1c2ccccc2C=Cc2ccc(Cl)cc21. The van der Waals surface area contributed by atoms with Crippen molar-refractivity contribution in [3.05, 3.63) is 69.7 Å². The van der Waals surface area contributed by atoms with Gasteiger partial charge in [0.15, 0.2) is 0 Å². The Morgan fingerprint density at radius 3 is 2.37 bits per heavy atom. The van der Waals surface area contributed by atoms with E-state index >= 15 is 0 Å². The number of nitrogens with two attached hydrogens (primary N) is 1. The lowest BCUT2D eigenvalue weighted by Gasteiger charge is -2.18. The number of fused-ring (bicyclic) bond motifs is 2. The van der Waals surface area contributed by atoms with Gasteiger partial charge in [0.2, 0.25) is 0 Å². The van der Waals surface area contributed by atoms with E-state index in [2.05, 4.69) is 42.5 Å². The van der Waals surface area contributed by atoms with Gasteiger partial charge >= 0.3 is 0 Å². The van der Waals surface area contributed by atoms with E-state index in [0.717, 1.165) is 5.02 Å². The Morgan fingerprint density at radius 2 is 1.63 bits per heavy atom. The van der Waals surface area contributed by atoms with Crippen LogP contribution in [0.4, 0.5) is 0 Å². The molecular weight excluding hydrogens is 277 g/mol. The highest BCUT2D eigenvalue weighted by molar-refractivity contribution is 6.30. The van der Waals surface area contributed by atoms with Gasteiger partial charge in [-0.3, -0.25) is 0 Å². The molecule has 0 amide bonds. The fourth-order valence-corrected chi connectivity index (χ4v) is 2.76. The Labute approximate surface area is 124 Å². The molecule has 1 unspecified atom stereocenters. The summed E-state index contributed by atoms with van der Waals surface area (Å²) in [5.41, 5.74) is 10.9.